The van der Waals surface area contributed by atoms with Crippen LogP contribution < -0.4 is 4.74 Å². The molecule has 0 aromatic heterocycles. The Morgan fingerprint density at radius 1 is 1.19 bits per heavy atom. The summed E-state index contributed by atoms with van der Waals surface area (Å²) in [6.07, 6.45) is 10.7. The Morgan fingerprint density at radius 2 is 2.00 bits per heavy atom. The second kappa shape index (κ2) is 9.53. The molecule has 0 spiro atoms. The van der Waals surface area contributed by atoms with Crippen LogP contribution in [0.5, 0.6) is 5.75 Å². The summed E-state index contributed by atoms with van der Waals surface area (Å²) >= 11 is 6.09. The number of benzene rings is 2. The van der Waals surface area contributed by atoms with Crippen molar-refractivity contribution in [1.29, 1.82) is 0 Å². The Balaban J connectivity index is 1.57. The van der Waals surface area contributed by atoms with Gasteiger partial charge in [0.2, 0.25) is 0 Å². The molecule has 0 saturated heterocycles. The van der Waals surface area contributed by atoms with E-state index in [1.165, 1.54) is 0 Å². The molecule has 0 saturated carbocycles. The molecular weight excluding hydrogens is 426 g/mol. The lowest BCUT2D eigenvalue weighted by atomic mass is 9.96. The van der Waals surface area contributed by atoms with Crippen molar-refractivity contribution in [3.05, 3.63) is 105 Å². The maximum Gasteiger partial charge on any atom is 0.128 e. The van der Waals surface area contributed by atoms with Crippen molar-refractivity contribution in [3.63, 3.8) is 0 Å². The van der Waals surface area contributed by atoms with Crippen molar-refractivity contribution < 1.29 is 8.95 Å². The van der Waals surface area contributed by atoms with Gasteiger partial charge in [-0.1, -0.05) is 53.8 Å². The van der Waals surface area contributed by atoms with E-state index in [9.17, 15) is 4.21 Å². The number of methoxy groups -OCH3 is 1. The summed E-state index contributed by atoms with van der Waals surface area (Å²) in [5, 5.41) is 0.657. The molecule has 5 heteroatoms. The fraction of sp³-hybridized carbons (Fsp3) is 0.154. The Bertz CT molecular complexity index is 1200. The number of fused-ring (bicyclic) bond motifs is 1. The Labute approximate surface area is 191 Å². The summed E-state index contributed by atoms with van der Waals surface area (Å²) in [4.78, 5) is 0.744. The first-order valence-electron chi connectivity index (χ1n) is 9.89. The highest BCUT2D eigenvalue weighted by Gasteiger charge is 2.29. The minimum absolute atomic E-state index is 0.0236. The summed E-state index contributed by atoms with van der Waals surface area (Å²) in [6.45, 7) is 0. The van der Waals surface area contributed by atoms with Crippen molar-refractivity contribution >= 4 is 28.7 Å². The van der Waals surface area contributed by atoms with Crippen LogP contribution >= 0.6 is 11.6 Å². The van der Waals surface area contributed by atoms with Gasteiger partial charge in [0.05, 0.1) is 18.1 Å². The van der Waals surface area contributed by atoms with E-state index >= 15 is 0 Å². The second-order valence-corrected chi connectivity index (χ2v) is 9.25. The molecule has 0 fully saturated rings. The number of ether oxygens (including phenoxy) is 1. The normalized spacial score (nSPS) is 21.6. The summed E-state index contributed by atoms with van der Waals surface area (Å²) < 4.78 is 20.0. The Hall–Kier alpha value is -2.84. The predicted octanol–water partition coefficient (Wildman–Crippen LogP) is 5.34. The molecule has 0 bridgehead atoms. The van der Waals surface area contributed by atoms with E-state index in [4.69, 9.17) is 16.3 Å². The predicted molar refractivity (Wildman–Crippen MR) is 129 cm³/mol. The van der Waals surface area contributed by atoms with Crippen molar-refractivity contribution in [2.24, 2.45) is 0 Å². The SMILES string of the molecule is COc1ccc(CC#CC2=CC3=C/C(=C\c4cccc(Cl)c4)S(=O)N(C)C3C=C2)cc1. The fourth-order valence-corrected chi connectivity index (χ4v) is 4.89. The third-order valence-corrected chi connectivity index (χ3v) is 6.75. The number of likely N-dealkylation sites (N-methyl/N-ethyl adjacent to an activating group) is 1. The first kappa shape index (κ1) is 21.4. The largest absolute Gasteiger partial charge is 0.497 e. The quantitative estimate of drug-likeness (QED) is 0.594. The number of nitrogens with zero attached hydrogens (tertiary/aromatic N) is 1. The summed E-state index contributed by atoms with van der Waals surface area (Å²) in [5.74, 6) is 7.33. The summed E-state index contributed by atoms with van der Waals surface area (Å²) in [6, 6.07) is 15.4. The maximum absolute atomic E-state index is 12.9. The summed E-state index contributed by atoms with van der Waals surface area (Å²) in [5.41, 5.74) is 4.09. The zero-order chi connectivity index (χ0) is 21.8. The lowest BCUT2D eigenvalue weighted by molar-refractivity contribution is 0.414. The number of rotatable bonds is 3. The molecule has 1 heterocycles. The van der Waals surface area contributed by atoms with E-state index in [0.29, 0.717) is 11.4 Å². The van der Waals surface area contributed by atoms with Crippen LogP contribution in [0.25, 0.3) is 6.08 Å². The van der Waals surface area contributed by atoms with E-state index in [0.717, 1.165) is 32.9 Å². The number of hydrogen-bond donors (Lipinski definition) is 0. The maximum atomic E-state index is 12.9. The molecule has 2 aliphatic rings. The monoisotopic (exact) mass is 447 g/mol. The standard InChI is InChI=1S/C26H22ClNO2S/c1-28-26-14-11-20(6-3-5-19-9-12-24(30-2)13-10-19)15-22(26)18-25(31(28)29)17-21-7-4-8-23(27)16-21/h4,7-18,26H,5H2,1-2H3/b25-17+. The van der Waals surface area contributed by atoms with Gasteiger partial charge >= 0.3 is 0 Å². The van der Waals surface area contributed by atoms with E-state index in [1.54, 1.807) is 7.11 Å². The molecule has 0 N–H and O–H groups in total. The third-order valence-electron chi connectivity index (χ3n) is 5.13. The van der Waals surface area contributed by atoms with Gasteiger partial charge in [-0.05, 0) is 65.3 Å². The van der Waals surface area contributed by atoms with E-state index in [1.807, 2.05) is 78.1 Å². The summed E-state index contributed by atoms with van der Waals surface area (Å²) in [7, 11) is 2.29. The fourth-order valence-electron chi connectivity index (χ4n) is 3.48. The first-order chi connectivity index (χ1) is 15.0. The smallest absolute Gasteiger partial charge is 0.128 e. The van der Waals surface area contributed by atoms with Crippen molar-refractivity contribution in [1.82, 2.24) is 4.31 Å². The minimum Gasteiger partial charge on any atom is -0.497 e. The van der Waals surface area contributed by atoms with Gasteiger partial charge in [0.25, 0.3) is 0 Å². The molecule has 1 aliphatic carbocycles. The van der Waals surface area contributed by atoms with Gasteiger partial charge in [-0.2, -0.15) is 0 Å². The highest BCUT2D eigenvalue weighted by atomic mass is 35.5. The van der Waals surface area contributed by atoms with Crippen LogP contribution in [0, 0.1) is 11.8 Å². The van der Waals surface area contributed by atoms with Crippen LogP contribution in [0.15, 0.2) is 88.9 Å². The van der Waals surface area contributed by atoms with Gasteiger partial charge in [0.1, 0.15) is 16.7 Å². The van der Waals surface area contributed by atoms with Gasteiger partial charge < -0.3 is 4.74 Å². The molecule has 156 valence electrons. The molecule has 2 aromatic rings. The van der Waals surface area contributed by atoms with Crippen molar-refractivity contribution in [2.75, 3.05) is 14.2 Å². The molecule has 0 radical (unpaired) electrons. The first-order valence-corrected chi connectivity index (χ1v) is 11.4. The third kappa shape index (κ3) is 5.08. The minimum atomic E-state index is -1.24. The van der Waals surface area contributed by atoms with Gasteiger partial charge in [-0.3, -0.25) is 0 Å². The molecule has 4 rings (SSSR count). The number of halogens is 1. The van der Waals surface area contributed by atoms with Crippen LogP contribution in [0.1, 0.15) is 11.1 Å². The molecule has 3 nitrogen and oxygen atoms in total. The average Bonchev–Trinajstić information content (AvgIpc) is 2.78. The number of allylic oxidation sites excluding steroid dienone is 3. The molecular formula is C26H22ClNO2S. The van der Waals surface area contributed by atoms with Gasteiger partial charge in [0, 0.05) is 24.1 Å². The van der Waals surface area contributed by atoms with Crippen LogP contribution in [0.4, 0.5) is 0 Å². The topological polar surface area (TPSA) is 29.5 Å². The van der Waals surface area contributed by atoms with Gasteiger partial charge in [0.15, 0.2) is 0 Å². The second-order valence-electron chi connectivity index (χ2n) is 7.27. The highest BCUT2D eigenvalue weighted by molar-refractivity contribution is 7.87. The lowest BCUT2D eigenvalue weighted by Gasteiger charge is -2.32. The Morgan fingerprint density at radius 3 is 2.74 bits per heavy atom. The zero-order valence-electron chi connectivity index (χ0n) is 17.3. The number of hydrogen-bond acceptors (Lipinski definition) is 2. The van der Waals surface area contributed by atoms with E-state index < -0.39 is 11.0 Å². The van der Waals surface area contributed by atoms with Crippen molar-refractivity contribution in [2.45, 2.75) is 12.5 Å². The molecule has 31 heavy (non-hydrogen) atoms. The highest BCUT2D eigenvalue weighted by Crippen LogP contribution is 2.31. The molecule has 2 atom stereocenters. The lowest BCUT2D eigenvalue weighted by Crippen LogP contribution is -2.37. The molecule has 2 unspecified atom stereocenters. The van der Waals surface area contributed by atoms with Crippen LogP contribution in [0.3, 0.4) is 0 Å². The van der Waals surface area contributed by atoms with Gasteiger partial charge in [-0.25, -0.2) is 8.51 Å². The van der Waals surface area contributed by atoms with Gasteiger partial charge in [-0.15, -0.1) is 0 Å². The molecule has 0 amide bonds. The van der Waals surface area contributed by atoms with E-state index in [-0.39, 0.29) is 6.04 Å². The average molecular weight is 448 g/mol. The van der Waals surface area contributed by atoms with Crippen molar-refractivity contribution in [3.8, 4) is 17.6 Å². The molecule has 2 aromatic carbocycles. The van der Waals surface area contributed by atoms with E-state index in [2.05, 4.69) is 24.0 Å². The molecule has 1 aliphatic heterocycles. The van der Waals surface area contributed by atoms with Crippen LogP contribution in [0.2, 0.25) is 5.02 Å². The van der Waals surface area contributed by atoms with Crippen LogP contribution in [-0.2, 0) is 17.4 Å². The Kier molecular flexibility index (Phi) is 6.58. The van der Waals surface area contributed by atoms with Crippen LogP contribution in [-0.4, -0.2) is 28.7 Å². The zero-order valence-corrected chi connectivity index (χ0v) is 18.9.